The lowest BCUT2D eigenvalue weighted by atomic mass is 10.2. The number of amides is 2. The van der Waals surface area contributed by atoms with Crippen molar-refractivity contribution in [3.05, 3.63) is 40.6 Å². The Kier molecular flexibility index (Phi) is 6.79. The summed E-state index contributed by atoms with van der Waals surface area (Å²) in [4.78, 5) is 24.2. The number of rotatable bonds is 7. The first-order chi connectivity index (χ1) is 12.1. The van der Waals surface area contributed by atoms with Gasteiger partial charge in [0.25, 0.3) is 0 Å². The number of methoxy groups -OCH3 is 3. The fourth-order valence-electron chi connectivity index (χ4n) is 2.15. The molecule has 1 atom stereocenters. The van der Waals surface area contributed by atoms with Gasteiger partial charge in [0, 0.05) is 19.7 Å². The van der Waals surface area contributed by atoms with E-state index >= 15 is 0 Å². The van der Waals surface area contributed by atoms with Crippen molar-refractivity contribution in [2.45, 2.75) is 6.10 Å². The Bertz CT molecular complexity index is 718. The van der Waals surface area contributed by atoms with Gasteiger partial charge < -0.3 is 24.8 Å². The second-order valence-electron chi connectivity index (χ2n) is 5.01. The molecule has 0 saturated carbocycles. The molecule has 7 nitrogen and oxygen atoms in total. The average molecular weight is 364 g/mol. The summed E-state index contributed by atoms with van der Waals surface area (Å²) in [5.74, 6) is -0.600. The van der Waals surface area contributed by atoms with Gasteiger partial charge in [-0.1, -0.05) is 0 Å². The maximum Gasteiger partial charge on any atom is 0.313 e. The van der Waals surface area contributed by atoms with Crippen molar-refractivity contribution in [2.24, 2.45) is 0 Å². The highest BCUT2D eigenvalue weighted by atomic mass is 32.1. The van der Waals surface area contributed by atoms with Crippen molar-refractivity contribution in [1.82, 2.24) is 5.32 Å². The van der Waals surface area contributed by atoms with Gasteiger partial charge in [0.15, 0.2) is 0 Å². The molecule has 8 heteroatoms. The topological polar surface area (TPSA) is 85.9 Å². The van der Waals surface area contributed by atoms with Gasteiger partial charge in [-0.15, -0.1) is 0 Å². The van der Waals surface area contributed by atoms with Crippen LogP contribution in [0.4, 0.5) is 5.69 Å². The fraction of sp³-hybridized carbons (Fsp3) is 0.294. The number of benzene rings is 1. The highest BCUT2D eigenvalue weighted by Crippen LogP contribution is 2.28. The number of carbonyl (C=O) groups is 2. The molecule has 0 saturated heterocycles. The van der Waals surface area contributed by atoms with Gasteiger partial charge in [-0.2, -0.15) is 11.3 Å². The van der Waals surface area contributed by atoms with E-state index in [0.29, 0.717) is 17.2 Å². The third kappa shape index (κ3) is 4.94. The van der Waals surface area contributed by atoms with Crippen molar-refractivity contribution in [3.8, 4) is 11.5 Å². The first-order valence-corrected chi connectivity index (χ1v) is 8.39. The number of hydrogen-bond donors (Lipinski definition) is 2. The zero-order valence-electron chi connectivity index (χ0n) is 14.2. The molecule has 0 spiro atoms. The Morgan fingerprint density at radius 3 is 2.52 bits per heavy atom. The molecule has 2 N–H and O–H groups in total. The molecular weight excluding hydrogens is 344 g/mol. The van der Waals surface area contributed by atoms with Crippen LogP contribution in [0.2, 0.25) is 0 Å². The van der Waals surface area contributed by atoms with Crippen LogP contribution in [0.1, 0.15) is 11.7 Å². The van der Waals surface area contributed by atoms with Crippen LogP contribution in [-0.4, -0.2) is 39.7 Å². The summed E-state index contributed by atoms with van der Waals surface area (Å²) in [7, 11) is 4.53. The second kappa shape index (κ2) is 9.05. The van der Waals surface area contributed by atoms with Crippen molar-refractivity contribution >= 4 is 28.8 Å². The van der Waals surface area contributed by atoms with Crippen molar-refractivity contribution in [3.63, 3.8) is 0 Å². The molecule has 134 valence electrons. The van der Waals surface area contributed by atoms with Crippen LogP contribution in [0.15, 0.2) is 35.0 Å². The average Bonchev–Trinajstić information content (AvgIpc) is 3.16. The van der Waals surface area contributed by atoms with Gasteiger partial charge in [-0.25, -0.2) is 0 Å². The minimum Gasteiger partial charge on any atom is -0.497 e. The molecule has 0 aliphatic heterocycles. The Hall–Kier alpha value is -2.58. The zero-order chi connectivity index (χ0) is 18.2. The normalized spacial score (nSPS) is 11.5. The van der Waals surface area contributed by atoms with E-state index in [1.165, 1.54) is 25.6 Å². The van der Waals surface area contributed by atoms with Crippen LogP contribution in [0.25, 0.3) is 0 Å². The number of carbonyl (C=O) groups excluding carboxylic acids is 2. The molecule has 2 amide bonds. The largest absolute Gasteiger partial charge is 0.497 e. The third-order valence-corrected chi connectivity index (χ3v) is 4.21. The van der Waals surface area contributed by atoms with Gasteiger partial charge in [0.2, 0.25) is 0 Å². The molecule has 1 aromatic carbocycles. The van der Waals surface area contributed by atoms with E-state index in [0.717, 1.165) is 5.56 Å². The third-order valence-electron chi connectivity index (χ3n) is 3.51. The summed E-state index contributed by atoms with van der Waals surface area (Å²) >= 11 is 1.54. The predicted molar refractivity (Wildman–Crippen MR) is 95.3 cm³/mol. The molecule has 2 aromatic rings. The summed E-state index contributed by atoms with van der Waals surface area (Å²) in [6, 6.07) is 6.82. The highest BCUT2D eigenvalue weighted by Gasteiger charge is 2.19. The van der Waals surface area contributed by atoms with Crippen molar-refractivity contribution < 1.29 is 23.8 Å². The second-order valence-corrected chi connectivity index (χ2v) is 5.79. The smallest absolute Gasteiger partial charge is 0.313 e. The summed E-state index contributed by atoms with van der Waals surface area (Å²) in [6.07, 6.45) is -0.311. The maximum atomic E-state index is 12.1. The number of anilines is 1. The van der Waals surface area contributed by atoms with Crippen LogP contribution >= 0.6 is 11.3 Å². The monoisotopic (exact) mass is 364 g/mol. The maximum absolute atomic E-state index is 12.1. The first kappa shape index (κ1) is 18.8. The fourth-order valence-corrected chi connectivity index (χ4v) is 2.85. The SMILES string of the molecule is COc1ccc(OC)c(NC(=O)C(=O)NCC(OC)c2ccsc2)c1. The molecular formula is C17H20N2O5S. The minimum absolute atomic E-state index is 0.189. The first-order valence-electron chi connectivity index (χ1n) is 7.45. The van der Waals surface area contributed by atoms with E-state index in [1.54, 1.807) is 25.3 Å². The molecule has 1 unspecified atom stereocenters. The minimum atomic E-state index is -0.799. The predicted octanol–water partition coefficient (Wildman–Crippen LogP) is 2.21. The molecule has 0 bridgehead atoms. The van der Waals surface area contributed by atoms with E-state index < -0.39 is 11.8 Å². The van der Waals surface area contributed by atoms with Gasteiger partial charge in [-0.05, 0) is 34.5 Å². The number of nitrogens with one attached hydrogen (secondary N) is 2. The summed E-state index contributed by atoms with van der Waals surface area (Å²) in [6.45, 7) is 0.189. The lowest BCUT2D eigenvalue weighted by molar-refractivity contribution is -0.136. The lowest BCUT2D eigenvalue weighted by Crippen LogP contribution is -2.38. The summed E-state index contributed by atoms with van der Waals surface area (Å²) in [5, 5.41) is 8.94. The highest BCUT2D eigenvalue weighted by molar-refractivity contribution is 7.07. The Morgan fingerprint density at radius 1 is 1.12 bits per heavy atom. The molecule has 0 radical (unpaired) electrons. The molecule has 25 heavy (non-hydrogen) atoms. The van der Waals surface area contributed by atoms with E-state index in [-0.39, 0.29) is 12.6 Å². The number of hydrogen-bond acceptors (Lipinski definition) is 6. The van der Waals surface area contributed by atoms with E-state index in [1.807, 2.05) is 16.8 Å². The Labute approximate surface area is 149 Å². The van der Waals surface area contributed by atoms with Gasteiger partial charge in [0.1, 0.15) is 17.6 Å². The van der Waals surface area contributed by atoms with Crippen molar-refractivity contribution in [1.29, 1.82) is 0 Å². The number of thiophene rings is 1. The van der Waals surface area contributed by atoms with E-state index in [4.69, 9.17) is 14.2 Å². The van der Waals surface area contributed by atoms with E-state index in [9.17, 15) is 9.59 Å². The van der Waals surface area contributed by atoms with Crippen LogP contribution < -0.4 is 20.1 Å². The van der Waals surface area contributed by atoms with Crippen LogP contribution in [-0.2, 0) is 14.3 Å². The molecule has 2 rings (SSSR count). The Balaban J connectivity index is 1.97. The van der Waals surface area contributed by atoms with E-state index in [2.05, 4.69) is 10.6 Å². The van der Waals surface area contributed by atoms with Gasteiger partial charge in [0.05, 0.1) is 19.9 Å². The van der Waals surface area contributed by atoms with Crippen LogP contribution in [0.3, 0.4) is 0 Å². The molecule has 0 aliphatic carbocycles. The molecule has 0 fully saturated rings. The van der Waals surface area contributed by atoms with Gasteiger partial charge >= 0.3 is 11.8 Å². The summed E-state index contributed by atoms with van der Waals surface area (Å²) in [5.41, 5.74) is 1.30. The van der Waals surface area contributed by atoms with Crippen LogP contribution in [0, 0.1) is 0 Å². The molecule has 1 heterocycles. The lowest BCUT2D eigenvalue weighted by Gasteiger charge is -2.15. The zero-order valence-corrected chi connectivity index (χ0v) is 15.0. The molecule has 0 aliphatic rings. The summed E-state index contributed by atoms with van der Waals surface area (Å²) < 4.78 is 15.6. The Morgan fingerprint density at radius 2 is 1.92 bits per heavy atom. The molecule has 1 aromatic heterocycles. The number of ether oxygens (including phenoxy) is 3. The quantitative estimate of drug-likeness (QED) is 0.736. The van der Waals surface area contributed by atoms with Gasteiger partial charge in [-0.3, -0.25) is 9.59 Å². The van der Waals surface area contributed by atoms with Crippen molar-refractivity contribution in [2.75, 3.05) is 33.2 Å². The van der Waals surface area contributed by atoms with Crippen LogP contribution in [0.5, 0.6) is 11.5 Å². The standard InChI is InChI=1S/C17H20N2O5S/c1-22-12-4-5-14(23-2)13(8-12)19-17(21)16(20)18-9-15(24-3)11-6-7-25-10-11/h4-8,10,15H,9H2,1-3H3,(H,18,20)(H,19,21).